The predicted octanol–water partition coefficient (Wildman–Crippen LogP) is 2.86. The monoisotopic (exact) mass is 230 g/mol. The molecule has 0 fully saturated rings. The van der Waals surface area contributed by atoms with Crippen LogP contribution < -0.4 is 0 Å². The van der Waals surface area contributed by atoms with Gasteiger partial charge in [0.2, 0.25) is 0 Å². The van der Waals surface area contributed by atoms with E-state index >= 15 is 0 Å². The summed E-state index contributed by atoms with van der Waals surface area (Å²) in [7, 11) is 0. The Balaban J connectivity index is 0.000000246. The van der Waals surface area contributed by atoms with Crippen molar-refractivity contribution in [2.45, 2.75) is 13.0 Å². The maximum Gasteiger partial charge on any atom is 0.0322 e. The fourth-order valence-electron chi connectivity index (χ4n) is 0.988. The molecule has 0 aliphatic carbocycles. The minimum Gasteiger partial charge on any atom is -0.748 e. The summed E-state index contributed by atoms with van der Waals surface area (Å²) >= 11 is 0. The zero-order valence-corrected chi connectivity index (χ0v) is 9.18. The van der Waals surface area contributed by atoms with Gasteiger partial charge in [-0.3, -0.25) is 0 Å². The molecule has 2 aromatic rings. The molecule has 0 aromatic heterocycles. The van der Waals surface area contributed by atoms with E-state index in [1.807, 2.05) is 54.6 Å². The summed E-state index contributed by atoms with van der Waals surface area (Å²) in [5.74, 6) is 0. The van der Waals surface area contributed by atoms with E-state index in [1.165, 1.54) is 0 Å². The molecule has 1 atom stereocenters. The number of hydrogen-bond donors (Lipinski definition) is 1. The van der Waals surface area contributed by atoms with Crippen molar-refractivity contribution >= 4 is 0 Å². The van der Waals surface area contributed by atoms with Crippen molar-refractivity contribution in [3.63, 3.8) is 0 Å². The Morgan fingerprint density at radius 1 is 1.00 bits per heavy atom. The molecule has 82 valence electrons. The van der Waals surface area contributed by atoms with Gasteiger partial charge in [-0.25, -0.2) is 12.1 Å². The summed E-state index contributed by atoms with van der Waals surface area (Å²) in [6.45, 7) is 1.76. The Morgan fingerprint density at radius 3 is 1.57 bits per heavy atom. The third kappa shape index (κ3) is 5.03. The van der Waals surface area contributed by atoms with Gasteiger partial charge in [0, 0.05) is 23.2 Å². The third-order valence-electron chi connectivity index (χ3n) is 1.73. The van der Waals surface area contributed by atoms with Crippen molar-refractivity contribution in [2.75, 3.05) is 0 Å². The molecular formula is C12H14FeO-6. The van der Waals surface area contributed by atoms with E-state index < -0.39 is 0 Å². The SMILES string of the molecule is CC(O)[c-]1cccc1.[Fe].[cH-]1[cH-][cH-][cH-][cH-]1. The molecule has 0 saturated heterocycles. The zero-order chi connectivity index (χ0) is 9.52. The van der Waals surface area contributed by atoms with Crippen LogP contribution in [0.2, 0.25) is 0 Å². The van der Waals surface area contributed by atoms with Gasteiger partial charge in [0.25, 0.3) is 0 Å². The minimum absolute atomic E-state index is 0. The van der Waals surface area contributed by atoms with Crippen LogP contribution >= 0.6 is 0 Å². The maximum absolute atomic E-state index is 8.91. The largest absolute Gasteiger partial charge is 0.748 e. The van der Waals surface area contributed by atoms with E-state index in [1.54, 1.807) is 6.92 Å². The first-order chi connectivity index (χ1) is 6.30. The summed E-state index contributed by atoms with van der Waals surface area (Å²) in [6.07, 6.45) is -0.315. The second-order valence-corrected chi connectivity index (χ2v) is 2.86. The first kappa shape index (κ1) is 13.2. The van der Waals surface area contributed by atoms with Crippen molar-refractivity contribution in [1.29, 1.82) is 0 Å². The van der Waals surface area contributed by atoms with E-state index in [-0.39, 0.29) is 23.2 Å². The fraction of sp³-hybridized carbons (Fsp3) is 0.167. The summed E-state index contributed by atoms with van der Waals surface area (Å²) < 4.78 is 0. The Labute approximate surface area is 95.6 Å². The van der Waals surface area contributed by atoms with Crippen LogP contribution in [0.25, 0.3) is 0 Å². The average molecular weight is 230 g/mol. The van der Waals surface area contributed by atoms with Crippen LogP contribution in [0, 0.1) is 0 Å². The molecule has 2 rings (SSSR count). The molecule has 0 aliphatic rings. The van der Waals surface area contributed by atoms with E-state index in [9.17, 15) is 0 Å². The van der Waals surface area contributed by atoms with Gasteiger partial charge in [-0.05, 0) is 6.92 Å². The van der Waals surface area contributed by atoms with Gasteiger partial charge in [-0.15, -0.1) is 5.56 Å². The summed E-state index contributed by atoms with van der Waals surface area (Å²) in [5, 5.41) is 8.91. The Bertz CT molecular complexity index is 265. The first-order valence-corrected chi connectivity index (χ1v) is 4.37. The zero-order valence-electron chi connectivity index (χ0n) is 8.07. The summed E-state index contributed by atoms with van der Waals surface area (Å²) in [4.78, 5) is 0. The first-order valence-electron chi connectivity index (χ1n) is 4.37. The molecule has 0 aliphatic heterocycles. The van der Waals surface area contributed by atoms with Crippen molar-refractivity contribution in [3.8, 4) is 0 Å². The summed E-state index contributed by atoms with van der Waals surface area (Å²) in [6, 6.07) is 17.7. The van der Waals surface area contributed by atoms with Gasteiger partial charge in [0.05, 0.1) is 0 Å². The van der Waals surface area contributed by atoms with Crippen LogP contribution in [0.4, 0.5) is 0 Å². The molecule has 0 heterocycles. The van der Waals surface area contributed by atoms with Crippen LogP contribution in [-0.4, -0.2) is 5.11 Å². The van der Waals surface area contributed by atoms with Crippen molar-refractivity contribution in [1.82, 2.24) is 0 Å². The second-order valence-electron chi connectivity index (χ2n) is 2.86. The van der Waals surface area contributed by atoms with Crippen LogP contribution in [0.1, 0.15) is 18.6 Å². The third-order valence-corrected chi connectivity index (χ3v) is 1.73. The van der Waals surface area contributed by atoms with Gasteiger partial charge in [0.15, 0.2) is 0 Å². The molecule has 2 aromatic carbocycles. The smallest absolute Gasteiger partial charge is 0.0322 e. The van der Waals surface area contributed by atoms with Crippen molar-refractivity contribution < 1.29 is 22.2 Å². The number of aliphatic hydroxyl groups excluding tert-OH is 1. The van der Waals surface area contributed by atoms with E-state index in [0.29, 0.717) is 0 Å². The minimum atomic E-state index is -0.315. The normalized spacial score (nSPS) is 10.7. The van der Waals surface area contributed by atoms with Crippen LogP contribution in [0.15, 0.2) is 54.6 Å². The standard InChI is InChI=1S/C7H9O.C5H5.Fe/c1-6(8)7-4-2-3-5-7;1-2-4-5-3-1;/h2-6,8H,1H3;1-5H;/q-1;-5;. The Kier molecular flexibility index (Phi) is 7.13. The van der Waals surface area contributed by atoms with E-state index in [2.05, 4.69) is 0 Å². The van der Waals surface area contributed by atoms with Gasteiger partial charge in [0.1, 0.15) is 0 Å². The summed E-state index contributed by atoms with van der Waals surface area (Å²) in [5.41, 5.74) is 0.991. The van der Waals surface area contributed by atoms with Gasteiger partial charge in [-0.2, -0.15) is 12.1 Å². The average Bonchev–Trinajstić information content (AvgIpc) is 2.82. The van der Waals surface area contributed by atoms with Crippen molar-refractivity contribution in [3.05, 3.63) is 60.2 Å². The maximum atomic E-state index is 8.91. The van der Waals surface area contributed by atoms with Crippen LogP contribution in [-0.2, 0) is 17.1 Å². The number of rotatable bonds is 1. The number of aliphatic hydroxyl groups is 1. The van der Waals surface area contributed by atoms with E-state index in [4.69, 9.17) is 5.11 Å². The molecule has 14 heavy (non-hydrogen) atoms. The fourth-order valence-corrected chi connectivity index (χ4v) is 0.988. The molecule has 1 nitrogen and oxygen atoms in total. The molecule has 0 spiro atoms. The Hall–Kier alpha value is -0.821. The topological polar surface area (TPSA) is 20.2 Å². The van der Waals surface area contributed by atoms with Crippen LogP contribution in [0.5, 0.6) is 0 Å². The molecule has 0 bridgehead atoms. The van der Waals surface area contributed by atoms with E-state index in [0.717, 1.165) is 5.56 Å². The molecular weight excluding hydrogens is 216 g/mol. The second kappa shape index (κ2) is 7.57. The molecule has 2 heteroatoms. The quantitative estimate of drug-likeness (QED) is 0.589. The van der Waals surface area contributed by atoms with Crippen LogP contribution in [0.3, 0.4) is 0 Å². The van der Waals surface area contributed by atoms with Gasteiger partial charge < -0.3 is 35.4 Å². The number of hydrogen-bond acceptors (Lipinski definition) is 1. The molecule has 1 N–H and O–H groups in total. The molecule has 1 unspecified atom stereocenters. The molecule has 0 radical (unpaired) electrons. The van der Waals surface area contributed by atoms with Gasteiger partial charge >= 0.3 is 0 Å². The predicted molar refractivity (Wildman–Crippen MR) is 54.7 cm³/mol. The Morgan fingerprint density at radius 2 is 1.36 bits per heavy atom. The molecule has 0 amide bonds. The van der Waals surface area contributed by atoms with Crippen molar-refractivity contribution in [2.24, 2.45) is 0 Å². The molecule has 0 saturated carbocycles. The van der Waals surface area contributed by atoms with Gasteiger partial charge in [-0.1, -0.05) is 0 Å².